The summed E-state index contributed by atoms with van der Waals surface area (Å²) in [5, 5.41) is 10.9. The Morgan fingerprint density at radius 2 is 2.20 bits per heavy atom. The molecule has 0 saturated carbocycles. The SMILES string of the molecule is C=CCNC(=O)N(C)C[C@H](O)C(F)(F)F. The second kappa shape index (κ2) is 5.59. The third-order valence-corrected chi connectivity index (χ3v) is 1.57. The number of likely N-dealkylation sites (N-methyl/N-ethyl adjacent to an activating group) is 1. The van der Waals surface area contributed by atoms with Crippen molar-refractivity contribution in [2.75, 3.05) is 20.1 Å². The summed E-state index contributed by atoms with van der Waals surface area (Å²) in [7, 11) is 1.16. The number of nitrogens with one attached hydrogen (secondary N) is 1. The van der Waals surface area contributed by atoms with Gasteiger partial charge in [0.25, 0.3) is 0 Å². The Bertz CT molecular complexity index is 230. The predicted octanol–water partition coefficient (Wildman–Crippen LogP) is 0.737. The van der Waals surface area contributed by atoms with Gasteiger partial charge in [-0.15, -0.1) is 6.58 Å². The average Bonchev–Trinajstić information content (AvgIpc) is 2.12. The minimum absolute atomic E-state index is 0.158. The van der Waals surface area contributed by atoms with Gasteiger partial charge in [-0.2, -0.15) is 13.2 Å². The molecule has 0 aliphatic heterocycles. The van der Waals surface area contributed by atoms with Crippen LogP contribution in [0.1, 0.15) is 0 Å². The zero-order valence-corrected chi connectivity index (χ0v) is 8.21. The van der Waals surface area contributed by atoms with Gasteiger partial charge in [-0.3, -0.25) is 0 Å². The molecule has 0 fully saturated rings. The number of carbonyl (C=O) groups is 1. The minimum Gasteiger partial charge on any atom is -0.382 e. The first kappa shape index (κ1) is 13.8. The normalized spacial score (nSPS) is 13.1. The van der Waals surface area contributed by atoms with Gasteiger partial charge in [-0.25, -0.2) is 4.79 Å². The molecule has 15 heavy (non-hydrogen) atoms. The van der Waals surface area contributed by atoms with E-state index in [4.69, 9.17) is 5.11 Å². The number of urea groups is 1. The van der Waals surface area contributed by atoms with Crippen LogP contribution in [0.3, 0.4) is 0 Å². The Morgan fingerprint density at radius 3 is 2.60 bits per heavy atom. The van der Waals surface area contributed by atoms with Gasteiger partial charge in [0, 0.05) is 13.6 Å². The van der Waals surface area contributed by atoms with Crippen LogP contribution in [0.4, 0.5) is 18.0 Å². The fourth-order valence-electron chi connectivity index (χ4n) is 0.740. The number of hydrogen-bond donors (Lipinski definition) is 2. The summed E-state index contributed by atoms with van der Waals surface area (Å²) < 4.78 is 35.7. The maximum atomic E-state index is 11.9. The van der Waals surface area contributed by atoms with E-state index in [1.54, 1.807) is 0 Å². The molecule has 88 valence electrons. The minimum atomic E-state index is -4.72. The third-order valence-electron chi connectivity index (χ3n) is 1.57. The number of carbonyl (C=O) groups excluding carboxylic acids is 1. The Hall–Kier alpha value is -1.24. The quantitative estimate of drug-likeness (QED) is 0.694. The molecule has 0 saturated heterocycles. The van der Waals surface area contributed by atoms with E-state index >= 15 is 0 Å². The molecule has 0 unspecified atom stereocenters. The van der Waals surface area contributed by atoms with Crippen LogP contribution < -0.4 is 5.32 Å². The molecule has 0 aromatic carbocycles. The summed E-state index contributed by atoms with van der Waals surface area (Å²) in [6.07, 6.45) is -5.85. The lowest BCUT2D eigenvalue weighted by atomic mass is 10.3. The highest BCUT2D eigenvalue weighted by Crippen LogP contribution is 2.20. The smallest absolute Gasteiger partial charge is 0.382 e. The molecule has 2 N–H and O–H groups in total. The molecule has 0 radical (unpaired) electrons. The summed E-state index contributed by atoms with van der Waals surface area (Å²) in [5.41, 5.74) is 0. The van der Waals surface area contributed by atoms with E-state index in [0.717, 1.165) is 11.9 Å². The largest absolute Gasteiger partial charge is 0.416 e. The molecule has 0 aromatic rings. The lowest BCUT2D eigenvalue weighted by Crippen LogP contribution is -2.45. The maximum Gasteiger partial charge on any atom is 0.416 e. The van der Waals surface area contributed by atoms with Crippen molar-refractivity contribution in [2.24, 2.45) is 0 Å². The van der Waals surface area contributed by atoms with Crippen molar-refractivity contribution in [1.82, 2.24) is 10.2 Å². The van der Waals surface area contributed by atoms with Crippen molar-refractivity contribution in [3.63, 3.8) is 0 Å². The Kier molecular flexibility index (Phi) is 5.13. The highest BCUT2D eigenvalue weighted by molar-refractivity contribution is 5.73. The van der Waals surface area contributed by atoms with E-state index in [-0.39, 0.29) is 6.54 Å². The van der Waals surface area contributed by atoms with Crippen molar-refractivity contribution >= 4 is 6.03 Å². The average molecular weight is 226 g/mol. The van der Waals surface area contributed by atoms with Gasteiger partial charge in [0.1, 0.15) is 0 Å². The first-order valence-corrected chi connectivity index (χ1v) is 4.13. The number of aliphatic hydroxyl groups is 1. The second-order valence-corrected chi connectivity index (χ2v) is 2.91. The van der Waals surface area contributed by atoms with E-state index in [9.17, 15) is 18.0 Å². The summed E-state index contributed by atoms with van der Waals surface area (Å²) in [4.78, 5) is 11.8. The molecular weight excluding hydrogens is 213 g/mol. The molecule has 0 aliphatic rings. The van der Waals surface area contributed by atoms with Crippen LogP contribution in [0.5, 0.6) is 0 Å². The van der Waals surface area contributed by atoms with Crippen LogP contribution in [0.2, 0.25) is 0 Å². The van der Waals surface area contributed by atoms with Crippen molar-refractivity contribution in [3.05, 3.63) is 12.7 Å². The van der Waals surface area contributed by atoms with Crippen molar-refractivity contribution in [3.8, 4) is 0 Å². The van der Waals surface area contributed by atoms with Gasteiger partial charge in [0.05, 0.1) is 6.54 Å². The monoisotopic (exact) mass is 226 g/mol. The number of halogens is 3. The number of hydrogen-bond acceptors (Lipinski definition) is 2. The number of rotatable bonds is 4. The molecule has 7 heteroatoms. The molecule has 0 rings (SSSR count). The fraction of sp³-hybridized carbons (Fsp3) is 0.625. The number of alkyl halides is 3. The molecule has 1 atom stereocenters. The highest BCUT2D eigenvalue weighted by atomic mass is 19.4. The first-order chi connectivity index (χ1) is 6.79. The summed E-state index contributed by atoms with van der Waals surface area (Å²) in [5.74, 6) is 0. The van der Waals surface area contributed by atoms with E-state index < -0.39 is 24.9 Å². The lowest BCUT2D eigenvalue weighted by Gasteiger charge is -2.22. The standard InChI is InChI=1S/C8H13F3N2O2/c1-3-4-12-7(15)13(2)5-6(14)8(9,10)11/h3,6,14H,1,4-5H2,2H3,(H,12,15)/t6-/m0/s1. The first-order valence-electron chi connectivity index (χ1n) is 4.13. The molecule has 0 aliphatic carbocycles. The summed E-state index contributed by atoms with van der Waals surface area (Å²) in [6, 6.07) is -0.696. The van der Waals surface area contributed by atoms with Crippen molar-refractivity contribution in [1.29, 1.82) is 0 Å². The van der Waals surface area contributed by atoms with Crippen LogP contribution in [-0.2, 0) is 0 Å². The van der Waals surface area contributed by atoms with Gasteiger partial charge < -0.3 is 15.3 Å². The fourth-order valence-corrected chi connectivity index (χ4v) is 0.740. The molecule has 0 aromatic heterocycles. The molecule has 0 bridgehead atoms. The molecule has 0 heterocycles. The number of aliphatic hydroxyl groups excluding tert-OH is 1. The summed E-state index contributed by atoms with van der Waals surface area (Å²) in [6.45, 7) is 2.69. The second-order valence-electron chi connectivity index (χ2n) is 2.91. The molecule has 2 amide bonds. The van der Waals surface area contributed by atoms with E-state index in [0.29, 0.717) is 0 Å². The number of nitrogens with zero attached hydrogens (tertiary/aromatic N) is 1. The zero-order chi connectivity index (χ0) is 12.1. The van der Waals surface area contributed by atoms with Gasteiger partial charge in [0.15, 0.2) is 6.10 Å². The number of amides is 2. The van der Waals surface area contributed by atoms with Crippen LogP contribution in [-0.4, -0.2) is 48.5 Å². The topological polar surface area (TPSA) is 52.6 Å². The van der Waals surface area contributed by atoms with E-state index in [2.05, 4.69) is 11.9 Å². The Labute approximate surface area is 85.4 Å². The van der Waals surface area contributed by atoms with Gasteiger partial charge >= 0.3 is 12.2 Å². The van der Waals surface area contributed by atoms with Gasteiger partial charge in [0.2, 0.25) is 0 Å². The predicted molar refractivity (Wildman–Crippen MR) is 48.3 cm³/mol. The molecule has 0 spiro atoms. The zero-order valence-electron chi connectivity index (χ0n) is 8.21. The van der Waals surface area contributed by atoms with Crippen LogP contribution in [0, 0.1) is 0 Å². The Balaban J connectivity index is 4.07. The maximum absolute atomic E-state index is 11.9. The van der Waals surface area contributed by atoms with Gasteiger partial charge in [-0.1, -0.05) is 6.08 Å². The van der Waals surface area contributed by atoms with Gasteiger partial charge in [-0.05, 0) is 0 Å². The highest BCUT2D eigenvalue weighted by Gasteiger charge is 2.39. The molecular formula is C8H13F3N2O2. The van der Waals surface area contributed by atoms with E-state index in [1.807, 2.05) is 0 Å². The van der Waals surface area contributed by atoms with Crippen LogP contribution in [0.25, 0.3) is 0 Å². The summed E-state index contributed by atoms with van der Waals surface area (Å²) >= 11 is 0. The van der Waals surface area contributed by atoms with Crippen molar-refractivity contribution in [2.45, 2.75) is 12.3 Å². The van der Waals surface area contributed by atoms with Crippen molar-refractivity contribution < 1.29 is 23.1 Å². The Morgan fingerprint density at radius 1 is 1.67 bits per heavy atom. The van der Waals surface area contributed by atoms with E-state index in [1.165, 1.54) is 6.08 Å². The lowest BCUT2D eigenvalue weighted by molar-refractivity contribution is -0.205. The third kappa shape index (κ3) is 5.26. The van der Waals surface area contributed by atoms with Crippen LogP contribution in [0.15, 0.2) is 12.7 Å². The molecule has 4 nitrogen and oxygen atoms in total. The van der Waals surface area contributed by atoms with Crippen LogP contribution >= 0.6 is 0 Å².